The number of benzene rings is 1. The fourth-order valence-electron chi connectivity index (χ4n) is 3.68. The molecule has 0 aliphatic carbocycles. The van der Waals surface area contributed by atoms with Gasteiger partial charge in [-0.3, -0.25) is 9.59 Å². The minimum atomic E-state index is -0.314. The maximum atomic E-state index is 12.2. The minimum Gasteiger partial charge on any atom is -0.464 e. The summed E-state index contributed by atoms with van der Waals surface area (Å²) in [5.74, 6) is -0.351. The largest absolute Gasteiger partial charge is 0.464 e. The van der Waals surface area contributed by atoms with E-state index in [9.17, 15) is 14.4 Å². The Bertz CT molecular complexity index is 864. The van der Waals surface area contributed by atoms with Crippen molar-refractivity contribution in [3.8, 4) is 0 Å². The highest BCUT2D eigenvalue weighted by Crippen LogP contribution is 2.25. The third kappa shape index (κ3) is 5.32. The van der Waals surface area contributed by atoms with Gasteiger partial charge in [-0.2, -0.15) is 0 Å². The van der Waals surface area contributed by atoms with Crippen molar-refractivity contribution in [3.63, 3.8) is 0 Å². The highest BCUT2D eigenvalue weighted by molar-refractivity contribution is 5.95. The van der Waals surface area contributed by atoms with Crippen molar-refractivity contribution in [2.75, 3.05) is 32.1 Å². The molecule has 0 radical (unpaired) electrons. The Morgan fingerprint density at radius 3 is 2.41 bits per heavy atom. The van der Waals surface area contributed by atoms with Crippen molar-refractivity contribution >= 4 is 23.3 Å². The molecule has 0 spiro atoms. The van der Waals surface area contributed by atoms with E-state index >= 15 is 0 Å². The van der Waals surface area contributed by atoms with Gasteiger partial charge in [-0.05, 0) is 56.2 Å². The summed E-state index contributed by atoms with van der Waals surface area (Å²) in [4.78, 5) is 37.7. The number of anilines is 1. The Morgan fingerprint density at radius 1 is 1.10 bits per heavy atom. The molecular weight excluding hydrogens is 370 g/mol. The molecule has 1 aliphatic heterocycles. The molecular formula is C22H27N3O4. The van der Waals surface area contributed by atoms with Gasteiger partial charge in [0.1, 0.15) is 5.69 Å². The lowest BCUT2D eigenvalue weighted by Gasteiger charge is -2.33. The summed E-state index contributed by atoms with van der Waals surface area (Å²) in [5, 5.41) is 2.87. The van der Waals surface area contributed by atoms with Crippen molar-refractivity contribution in [2.24, 2.45) is 0 Å². The van der Waals surface area contributed by atoms with Gasteiger partial charge in [-0.1, -0.05) is 0 Å². The topological polar surface area (TPSA) is 80.6 Å². The van der Waals surface area contributed by atoms with Crippen LogP contribution in [-0.2, 0) is 9.53 Å². The molecule has 1 aromatic carbocycles. The van der Waals surface area contributed by atoms with E-state index in [0.717, 1.165) is 25.9 Å². The molecule has 0 atom stereocenters. The average molecular weight is 397 g/mol. The minimum absolute atomic E-state index is 0.00453. The molecule has 1 N–H and O–H groups in total. The molecule has 7 heteroatoms. The van der Waals surface area contributed by atoms with Crippen molar-refractivity contribution in [1.82, 2.24) is 9.47 Å². The predicted octanol–water partition coefficient (Wildman–Crippen LogP) is 3.14. The highest BCUT2D eigenvalue weighted by Gasteiger charge is 2.24. The molecule has 2 aromatic rings. The molecule has 0 unspecified atom stereocenters. The number of piperidine rings is 1. The number of aromatic nitrogens is 1. The number of amides is 1. The Kier molecular flexibility index (Phi) is 6.82. The first-order valence-corrected chi connectivity index (χ1v) is 9.86. The van der Waals surface area contributed by atoms with E-state index in [1.807, 2.05) is 16.8 Å². The van der Waals surface area contributed by atoms with Crippen LogP contribution >= 0.6 is 0 Å². The van der Waals surface area contributed by atoms with Gasteiger partial charge in [0.2, 0.25) is 5.91 Å². The number of ether oxygens (including phenoxy) is 1. The second-order valence-corrected chi connectivity index (χ2v) is 7.30. The van der Waals surface area contributed by atoms with E-state index in [0.29, 0.717) is 29.9 Å². The smallest absolute Gasteiger partial charge is 0.354 e. The first-order valence-electron chi connectivity index (χ1n) is 9.86. The number of carbonyl (C=O) groups is 3. The lowest BCUT2D eigenvalue weighted by Crippen LogP contribution is -2.37. The van der Waals surface area contributed by atoms with Gasteiger partial charge in [0, 0.05) is 49.5 Å². The number of likely N-dealkylation sites (tertiary alicyclic amines) is 1. The van der Waals surface area contributed by atoms with Crippen LogP contribution in [0, 0.1) is 0 Å². The Hall–Kier alpha value is -2.93. The van der Waals surface area contributed by atoms with Crippen LogP contribution < -0.4 is 5.32 Å². The fraction of sp³-hybridized carbons (Fsp3) is 0.409. The number of hydrogen-bond acceptors (Lipinski definition) is 5. The third-order valence-electron chi connectivity index (χ3n) is 5.35. The number of ketones is 1. The maximum Gasteiger partial charge on any atom is 0.354 e. The second-order valence-electron chi connectivity index (χ2n) is 7.30. The van der Waals surface area contributed by atoms with E-state index in [1.54, 1.807) is 30.3 Å². The van der Waals surface area contributed by atoms with Crippen LogP contribution in [0.15, 0.2) is 42.6 Å². The lowest BCUT2D eigenvalue weighted by atomic mass is 10.0. The van der Waals surface area contributed by atoms with E-state index in [2.05, 4.69) is 10.2 Å². The normalized spacial score (nSPS) is 15.1. The van der Waals surface area contributed by atoms with Crippen molar-refractivity contribution in [3.05, 3.63) is 53.9 Å². The molecule has 1 fully saturated rings. The van der Waals surface area contributed by atoms with E-state index in [-0.39, 0.29) is 23.7 Å². The van der Waals surface area contributed by atoms with Gasteiger partial charge in [-0.15, -0.1) is 0 Å². The third-order valence-corrected chi connectivity index (χ3v) is 5.35. The van der Waals surface area contributed by atoms with Gasteiger partial charge in [0.15, 0.2) is 5.78 Å². The molecule has 0 bridgehead atoms. The Labute approximate surface area is 170 Å². The SMILES string of the molecule is COC(=O)c1cccn1C1CCN(CCC(=O)Nc2ccc(C(C)=O)cc2)CC1. The lowest BCUT2D eigenvalue weighted by molar-refractivity contribution is -0.116. The van der Waals surface area contributed by atoms with E-state index < -0.39 is 0 Å². The number of hydrogen-bond donors (Lipinski definition) is 1. The summed E-state index contributed by atoms with van der Waals surface area (Å²) in [6.45, 7) is 3.97. The van der Waals surface area contributed by atoms with Crippen LogP contribution in [0.5, 0.6) is 0 Å². The van der Waals surface area contributed by atoms with Crippen LogP contribution in [0.1, 0.15) is 53.1 Å². The number of nitrogens with zero attached hydrogens (tertiary/aromatic N) is 2. The van der Waals surface area contributed by atoms with Gasteiger partial charge < -0.3 is 19.5 Å². The molecule has 1 saturated heterocycles. The van der Waals surface area contributed by atoms with Crippen molar-refractivity contribution < 1.29 is 19.1 Å². The molecule has 1 aromatic heterocycles. The zero-order chi connectivity index (χ0) is 20.8. The quantitative estimate of drug-likeness (QED) is 0.573. The molecule has 2 heterocycles. The van der Waals surface area contributed by atoms with Gasteiger partial charge in [0.25, 0.3) is 0 Å². The second kappa shape index (κ2) is 9.52. The number of nitrogens with one attached hydrogen (secondary N) is 1. The Balaban J connectivity index is 1.44. The summed E-state index contributed by atoms with van der Waals surface area (Å²) in [6.07, 6.45) is 4.19. The maximum absolute atomic E-state index is 12.2. The summed E-state index contributed by atoms with van der Waals surface area (Å²) < 4.78 is 6.85. The number of rotatable bonds is 7. The standard InChI is InChI=1S/C22H27N3O4/c1-16(26)17-5-7-18(8-6-17)23-21(27)11-15-24-13-9-19(10-14-24)25-12-3-4-20(25)22(28)29-2/h3-8,12,19H,9-11,13-15H2,1-2H3,(H,23,27). The van der Waals surface area contributed by atoms with Crippen molar-refractivity contribution in [1.29, 1.82) is 0 Å². The van der Waals surface area contributed by atoms with Crippen LogP contribution in [-0.4, -0.2) is 53.9 Å². The van der Waals surface area contributed by atoms with Gasteiger partial charge in [-0.25, -0.2) is 4.79 Å². The van der Waals surface area contributed by atoms with E-state index in [4.69, 9.17) is 4.74 Å². The zero-order valence-electron chi connectivity index (χ0n) is 16.9. The number of methoxy groups -OCH3 is 1. The molecule has 154 valence electrons. The van der Waals surface area contributed by atoms with Crippen molar-refractivity contribution in [2.45, 2.75) is 32.2 Å². The van der Waals surface area contributed by atoms with Crippen LogP contribution in [0.25, 0.3) is 0 Å². The summed E-state index contributed by atoms with van der Waals surface area (Å²) >= 11 is 0. The van der Waals surface area contributed by atoms with Gasteiger partial charge in [0.05, 0.1) is 7.11 Å². The van der Waals surface area contributed by atoms with Crippen LogP contribution in [0.3, 0.4) is 0 Å². The number of Topliss-reactive ketones (excluding diaryl/α,β-unsaturated/α-hetero) is 1. The molecule has 1 amide bonds. The average Bonchev–Trinajstić information content (AvgIpc) is 3.22. The van der Waals surface area contributed by atoms with Crippen LogP contribution in [0.2, 0.25) is 0 Å². The fourth-order valence-corrected chi connectivity index (χ4v) is 3.68. The summed E-state index contributed by atoms with van der Waals surface area (Å²) in [7, 11) is 1.39. The summed E-state index contributed by atoms with van der Waals surface area (Å²) in [6, 6.07) is 10.8. The number of carbonyl (C=O) groups excluding carboxylic acids is 3. The van der Waals surface area contributed by atoms with E-state index in [1.165, 1.54) is 14.0 Å². The molecule has 0 saturated carbocycles. The monoisotopic (exact) mass is 397 g/mol. The van der Waals surface area contributed by atoms with Crippen LogP contribution in [0.4, 0.5) is 5.69 Å². The molecule has 7 nitrogen and oxygen atoms in total. The first-order chi connectivity index (χ1) is 14.0. The molecule has 3 rings (SSSR count). The highest BCUT2D eigenvalue weighted by atomic mass is 16.5. The predicted molar refractivity (Wildman–Crippen MR) is 110 cm³/mol. The summed E-state index contributed by atoms with van der Waals surface area (Å²) in [5.41, 5.74) is 1.91. The first kappa shape index (κ1) is 20.8. The van der Waals surface area contributed by atoms with Gasteiger partial charge >= 0.3 is 5.97 Å². The number of esters is 1. The zero-order valence-corrected chi connectivity index (χ0v) is 16.9. The molecule has 1 aliphatic rings. The Morgan fingerprint density at radius 2 is 1.79 bits per heavy atom. The molecule has 29 heavy (non-hydrogen) atoms.